The van der Waals surface area contributed by atoms with Gasteiger partial charge in [-0.2, -0.15) is 0 Å². The highest BCUT2D eigenvalue weighted by Crippen LogP contribution is 2.25. The highest BCUT2D eigenvalue weighted by Gasteiger charge is 2.08. The van der Waals surface area contributed by atoms with Gasteiger partial charge in [0.1, 0.15) is 0 Å². The summed E-state index contributed by atoms with van der Waals surface area (Å²) in [5.74, 6) is -0.404. The summed E-state index contributed by atoms with van der Waals surface area (Å²) in [6.07, 6.45) is 0. The molecule has 98 valence electrons. The lowest BCUT2D eigenvalue weighted by Crippen LogP contribution is -2.03. The summed E-state index contributed by atoms with van der Waals surface area (Å²) in [5, 5.41) is 3.78. The summed E-state index contributed by atoms with van der Waals surface area (Å²) in [4.78, 5) is 11.5. The van der Waals surface area contributed by atoms with E-state index in [2.05, 4.69) is 10.1 Å². The molecule has 0 aliphatic rings. The predicted octanol–water partition coefficient (Wildman–Crippen LogP) is 3.45. The first-order valence-electron chi connectivity index (χ1n) is 5.60. The van der Waals surface area contributed by atoms with Crippen molar-refractivity contribution in [3.8, 4) is 0 Å². The first-order valence-corrected chi connectivity index (χ1v) is 5.98. The molecule has 0 unspecified atom stereocenters. The van der Waals surface area contributed by atoms with E-state index in [1.165, 1.54) is 7.11 Å². The summed E-state index contributed by atoms with van der Waals surface area (Å²) in [6, 6.07) is 12.1. The zero-order valence-electron chi connectivity index (χ0n) is 10.3. The number of halogens is 1. The molecule has 2 aromatic carbocycles. The molecule has 0 atom stereocenters. The quantitative estimate of drug-likeness (QED) is 0.666. The maximum absolute atomic E-state index is 11.5. The summed E-state index contributed by atoms with van der Waals surface area (Å²) >= 11 is 5.82. The number of rotatable bonds is 3. The van der Waals surface area contributed by atoms with Gasteiger partial charge >= 0.3 is 5.97 Å². The van der Waals surface area contributed by atoms with Crippen LogP contribution in [-0.4, -0.2) is 13.1 Å². The second-order valence-corrected chi connectivity index (χ2v) is 4.36. The largest absolute Gasteiger partial charge is 0.465 e. The van der Waals surface area contributed by atoms with Gasteiger partial charge in [-0.05, 0) is 42.5 Å². The van der Waals surface area contributed by atoms with Crippen LogP contribution in [0.2, 0.25) is 5.02 Å². The van der Waals surface area contributed by atoms with Gasteiger partial charge in [0.05, 0.1) is 24.0 Å². The molecule has 0 fully saturated rings. The highest BCUT2D eigenvalue weighted by molar-refractivity contribution is 6.30. The van der Waals surface area contributed by atoms with Gasteiger partial charge in [0.2, 0.25) is 0 Å². The second-order valence-electron chi connectivity index (χ2n) is 3.93. The molecule has 0 heterocycles. The molecule has 2 rings (SSSR count). The molecule has 0 saturated carbocycles. The molecule has 4 nitrogen and oxygen atoms in total. The molecular weight excluding hydrogens is 264 g/mol. The van der Waals surface area contributed by atoms with Gasteiger partial charge < -0.3 is 15.8 Å². The zero-order chi connectivity index (χ0) is 13.8. The number of methoxy groups -OCH3 is 1. The Morgan fingerprint density at radius 2 is 1.89 bits per heavy atom. The minimum Gasteiger partial charge on any atom is -0.465 e. The van der Waals surface area contributed by atoms with E-state index in [-0.39, 0.29) is 0 Å². The van der Waals surface area contributed by atoms with Crippen molar-refractivity contribution in [3.05, 3.63) is 53.1 Å². The molecule has 2 aromatic rings. The third-order valence-electron chi connectivity index (χ3n) is 2.60. The van der Waals surface area contributed by atoms with Crippen LogP contribution in [0.5, 0.6) is 0 Å². The van der Waals surface area contributed by atoms with Gasteiger partial charge in [-0.15, -0.1) is 0 Å². The van der Waals surface area contributed by atoms with Gasteiger partial charge in [0, 0.05) is 10.7 Å². The van der Waals surface area contributed by atoms with Crippen molar-refractivity contribution in [1.82, 2.24) is 0 Å². The number of anilines is 3. The second kappa shape index (κ2) is 5.63. The van der Waals surface area contributed by atoms with Crippen molar-refractivity contribution in [3.63, 3.8) is 0 Å². The number of nitrogens with one attached hydrogen (secondary N) is 1. The number of hydrogen-bond acceptors (Lipinski definition) is 4. The van der Waals surface area contributed by atoms with E-state index in [4.69, 9.17) is 17.3 Å². The lowest BCUT2D eigenvalue weighted by molar-refractivity contribution is 0.0601. The fourth-order valence-corrected chi connectivity index (χ4v) is 1.72. The Kier molecular flexibility index (Phi) is 3.92. The number of nitrogens with two attached hydrogens (primary N) is 1. The van der Waals surface area contributed by atoms with E-state index in [1.54, 1.807) is 30.3 Å². The number of hydrogen-bond donors (Lipinski definition) is 2. The fourth-order valence-electron chi connectivity index (χ4n) is 1.60. The predicted molar refractivity (Wildman–Crippen MR) is 76.9 cm³/mol. The van der Waals surface area contributed by atoms with E-state index in [0.29, 0.717) is 22.0 Å². The third-order valence-corrected chi connectivity index (χ3v) is 2.85. The maximum atomic E-state index is 11.5. The van der Waals surface area contributed by atoms with Crippen LogP contribution in [-0.2, 0) is 4.74 Å². The minimum atomic E-state index is -0.404. The van der Waals surface area contributed by atoms with Crippen LogP contribution in [0.15, 0.2) is 42.5 Å². The van der Waals surface area contributed by atoms with Gasteiger partial charge in [-0.1, -0.05) is 11.6 Å². The number of carbonyl (C=O) groups excluding carboxylic acids is 1. The highest BCUT2D eigenvalue weighted by atomic mass is 35.5. The van der Waals surface area contributed by atoms with E-state index in [0.717, 1.165) is 5.69 Å². The average Bonchev–Trinajstić information content (AvgIpc) is 2.43. The van der Waals surface area contributed by atoms with Crippen LogP contribution in [0.4, 0.5) is 17.1 Å². The average molecular weight is 277 g/mol. The molecule has 0 amide bonds. The van der Waals surface area contributed by atoms with Gasteiger partial charge in [-0.3, -0.25) is 0 Å². The van der Waals surface area contributed by atoms with Crippen LogP contribution >= 0.6 is 11.6 Å². The van der Waals surface area contributed by atoms with Crippen LogP contribution in [0, 0.1) is 0 Å². The third kappa shape index (κ3) is 3.17. The zero-order valence-corrected chi connectivity index (χ0v) is 11.1. The molecule has 0 bridgehead atoms. The fraction of sp³-hybridized carbons (Fsp3) is 0.0714. The minimum absolute atomic E-state index is 0.404. The monoisotopic (exact) mass is 276 g/mol. The molecule has 0 aliphatic carbocycles. The summed E-state index contributed by atoms with van der Waals surface area (Å²) < 4.78 is 4.67. The van der Waals surface area contributed by atoms with E-state index >= 15 is 0 Å². The molecule has 0 spiro atoms. The molecule has 0 saturated heterocycles. The molecule has 19 heavy (non-hydrogen) atoms. The lowest BCUT2D eigenvalue weighted by atomic mass is 10.1. The first-order chi connectivity index (χ1) is 9.10. The van der Waals surface area contributed by atoms with Crippen LogP contribution < -0.4 is 11.1 Å². The molecule has 0 aliphatic heterocycles. The van der Waals surface area contributed by atoms with Gasteiger partial charge in [0.25, 0.3) is 0 Å². The number of esters is 1. The SMILES string of the molecule is COC(=O)c1ccc(N)c(Nc2ccc(Cl)cc2)c1. The number of carbonyl (C=O) groups is 1. The number of nitrogen functional groups attached to an aromatic ring is 1. The molecular formula is C14H13ClN2O2. The van der Waals surface area contributed by atoms with E-state index in [9.17, 15) is 4.79 Å². The summed E-state index contributed by atoms with van der Waals surface area (Å²) in [7, 11) is 1.34. The van der Waals surface area contributed by atoms with Crippen molar-refractivity contribution < 1.29 is 9.53 Å². The summed E-state index contributed by atoms with van der Waals surface area (Å²) in [5.41, 5.74) is 8.33. The van der Waals surface area contributed by atoms with Crippen LogP contribution in [0.1, 0.15) is 10.4 Å². The Balaban J connectivity index is 2.28. The van der Waals surface area contributed by atoms with Crippen molar-refractivity contribution in [1.29, 1.82) is 0 Å². The first kappa shape index (κ1) is 13.2. The Labute approximate surface area is 116 Å². The normalized spacial score (nSPS) is 10.0. The molecule has 5 heteroatoms. The molecule has 3 N–H and O–H groups in total. The van der Waals surface area contributed by atoms with Crippen LogP contribution in [0.25, 0.3) is 0 Å². The maximum Gasteiger partial charge on any atom is 0.337 e. The Morgan fingerprint density at radius 1 is 1.21 bits per heavy atom. The number of benzene rings is 2. The van der Waals surface area contributed by atoms with Crippen molar-refractivity contribution in [2.24, 2.45) is 0 Å². The van der Waals surface area contributed by atoms with Crippen LogP contribution in [0.3, 0.4) is 0 Å². The summed E-state index contributed by atoms with van der Waals surface area (Å²) in [6.45, 7) is 0. The van der Waals surface area contributed by atoms with Crippen molar-refractivity contribution in [2.45, 2.75) is 0 Å². The molecule has 0 radical (unpaired) electrons. The molecule has 0 aromatic heterocycles. The Morgan fingerprint density at radius 3 is 2.53 bits per heavy atom. The Hall–Kier alpha value is -2.20. The van der Waals surface area contributed by atoms with Gasteiger partial charge in [0.15, 0.2) is 0 Å². The lowest BCUT2D eigenvalue weighted by Gasteiger charge is -2.10. The van der Waals surface area contributed by atoms with E-state index in [1.807, 2.05) is 12.1 Å². The smallest absolute Gasteiger partial charge is 0.337 e. The van der Waals surface area contributed by atoms with Crippen molar-refractivity contribution >= 4 is 34.6 Å². The topological polar surface area (TPSA) is 64.3 Å². The van der Waals surface area contributed by atoms with E-state index < -0.39 is 5.97 Å². The number of ether oxygens (including phenoxy) is 1. The van der Waals surface area contributed by atoms with Crippen molar-refractivity contribution in [2.75, 3.05) is 18.2 Å². The van der Waals surface area contributed by atoms with Gasteiger partial charge in [-0.25, -0.2) is 4.79 Å². The Bertz CT molecular complexity index is 597. The standard InChI is InChI=1S/C14H13ClN2O2/c1-19-14(18)9-2-7-12(16)13(8-9)17-11-5-3-10(15)4-6-11/h2-8,17H,16H2,1H3.